The van der Waals surface area contributed by atoms with Crippen molar-refractivity contribution in [3.05, 3.63) is 206 Å². The Morgan fingerprint density at radius 1 is 0.327 bits per heavy atom. The van der Waals surface area contributed by atoms with Crippen molar-refractivity contribution < 1.29 is 0 Å². The van der Waals surface area contributed by atoms with Crippen molar-refractivity contribution in [2.75, 3.05) is 4.90 Å². The van der Waals surface area contributed by atoms with Crippen molar-refractivity contribution in [3.8, 4) is 27.9 Å². The second kappa shape index (κ2) is 12.5. The van der Waals surface area contributed by atoms with Crippen LogP contribution in [-0.4, -0.2) is 4.57 Å². The third kappa shape index (κ3) is 4.96. The fourth-order valence-electron chi connectivity index (χ4n) is 7.98. The number of benzene rings is 9. The maximum absolute atomic E-state index is 2.48. The number of aromatic nitrogens is 1. The van der Waals surface area contributed by atoms with E-state index in [1.165, 1.54) is 65.6 Å². The molecule has 0 fully saturated rings. The highest BCUT2D eigenvalue weighted by atomic mass is 15.1. The van der Waals surface area contributed by atoms with Gasteiger partial charge in [-0.05, 0) is 81.2 Å². The van der Waals surface area contributed by atoms with Gasteiger partial charge in [-0.2, -0.15) is 0 Å². The normalized spacial score (nSPS) is 11.5. The molecular weight excluding hydrogens is 629 g/mol. The Bertz CT molecular complexity index is 2900. The van der Waals surface area contributed by atoms with Gasteiger partial charge in [0, 0.05) is 33.3 Å². The van der Waals surface area contributed by atoms with Crippen LogP contribution in [0.5, 0.6) is 0 Å². The summed E-state index contributed by atoms with van der Waals surface area (Å²) in [5.41, 5.74) is 11.6. The molecule has 9 aromatic carbocycles. The standard InChI is InChI=1S/C50H34N2/c1-3-16-36(17-4-1)46-32-37-19-7-8-20-38(37)33-49(46)52(47-28-13-11-25-43(47)42-27-15-21-35-18-9-10-24-41(35)42)40-30-31-45-44-26-12-14-29-48(44)51(50(45)34-40)39-22-5-2-6-23-39/h1-34H. The van der Waals surface area contributed by atoms with Crippen LogP contribution < -0.4 is 4.90 Å². The fourth-order valence-corrected chi connectivity index (χ4v) is 7.98. The molecule has 0 radical (unpaired) electrons. The lowest BCUT2D eigenvalue weighted by Gasteiger charge is -2.31. The van der Waals surface area contributed by atoms with E-state index in [0.717, 1.165) is 22.7 Å². The highest BCUT2D eigenvalue weighted by molar-refractivity contribution is 6.11. The number of hydrogen-bond acceptors (Lipinski definition) is 1. The van der Waals surface area contributed by atoms with Gasteiger partial charge in [-0.3, -0.25) is 0 Å². The first kappa shape index (κ1) is 30.0. The van der Waals surface area contributed by atoms with Gasteiger partial charge in [-0.15, -0.1) is 0 Å². The summed E-state index contributed by atoms with van der Waals surface area (Å²) in [7, 11) is 0. The first-order chi connectivity index (χ1) is 25.8. The maximum atomic E-state index is 2.48. The summed E-state index contributed by atoms with van der Waals surface area (Å²) in [6.07, 6.45) is 0. The predicted molar refractivity (Wildman–Crippen MR) is 221 cm³/mol. The van der Waals surface area contributed by atoms with Crippen LogP contribution in [0, 0.1) is 0 Å². The van der Waals surface area contributed by atoms with E-state index in [9.17, 15) is 0 Å². The number of fused-ring (bicyclic) bond motifs is 5. The number of hydrogen-bond donors (Lipinski definition) is 0. The van der Waals surface area contributed by atoms with Gasteiger partial charge in [0.25, 0.3) is 0 Å². The minimum atomic E-state index is 1.09. The molecule has 0 aliphatic carbocycles. The molecule has 0 saturated carbocycles. The van der Waals surface area contributed by atoms with Gasteiger partial charge < -0.3 is 9.47 Å². The largest absolute Gasteiger partial charge is 0.309 e. The van der Waals surface area contributed by atoms with Crippen LogP contribution in [0.4, 0.5) is 17.1 Å². The maximum Gasteiger partial charge on any atom is 0.0561 e. The van der Waals surface area contributed by atoms with Gasteiger partial charge in [0.1, 0.15) is 0 Å². The Hall–Kier alpha value is -6.90. The van der Waals surface area contributed by atoms with Gasteiger partial charge >= 0.3 is 0 Å². The Kier molecular flexibility index (Phi) is 7.18. The van der Waals surface area contributed by atoms with E-state index in [-0.39, 0.29) is 0 Å². The van der Waals surface area contributed by atoms with E-state index >= 15 is 0 Å². The van der Waals surface area contributed by atoms with Gasteiger partial charge in [-0.25, -0.2) is 0 Å². The molecule has 0 amide bonds. The van der Waals surface area contributed by atoms with E-state index in [1.54, 1.807) is 0 Å². The SMILES string of the molecule is c1ccc(-c2cc3ccccc3cc2N(c2ccc3c4ccccc4n(-c4ccccc4)c3c2)c2ccccc2-c2cccc3ccccc23)cc1. The summed E-state index contributed by atoms with van der Waals surface area (Å²) < 4.78 is 2.40. The molecule has 0 aliphatic heterocycles. The molecule has 2 heteroatoms. The molecule has 0 aliphatic rings. The zero-order valence-corrected chi connectivity index (χ0v) is 28.5. The molecule has 2 nitrogen and oxygen atoms in total. The van der Waals surface area contributed by atoms with Crippen molar-refractivity contribution in [1.82, 2.24) is 4.57 Å². The van der Waals surface area contributed by atoms with E-state index in [1.807, 2.05) is 0 Å². The molecule has 1 heterocycles. The van der Waals surface area contributed by atoms with Crippen LogP contribution in [0.15, 0.2) is 206 Å². The molecule has 52 heavy (non-hydrogen) atoms. The first-order valence-electron chi connectivity index (χ1n) is 17.9. The van der Waals surface area contributed by atoms with Crippen LogP contribution in [-0.2, 0) is 0 Å². The highest BCUT2D eigenvalue weighted by Crippen LogP contribution is 2.48. The van der Waals surface area contributed by atoms with E-state index in [0.29, 0.717) is 0 Å². The molecule has 0 unspecified atom stereocenters. The predicted octanol–water partition coefficient (Wildman–Crippen LogP) is 13.9. The molecule has 244 valence electrons. The average Bonchev–Trinajstić information content (AvgIpc) is 3.55. The lowest BCUT2D eigenvalue weighted by Crippen LogP contribution is -2.13. The van der Waals surface area contributed by atoms with Gasteiger partial charge in [0.05, 0.1) is 22.4 Å². The average molecular weight is 663 g/mol. The Morgan fingerprint density at radius 3 is 1.75 bits per heavy atom. The lowest BCUT2D eigenvalue weighted by atomic mass is 9.94. The summed E-state index contributed by atoms with van der Waals surface area (Å²) in [6.45, 7) is 0. The molecule has 10 rings (SSSR count). The van der Waals surface area contributed by atoms with Crippen LogP contribution in [0.2, 0.25) is 0 Å². The minimum Gasteiger partial charge on any atom is -0.309 e. The van der Waals surface area contributed by atoms with Crippen molar-refractivity contribution in [2.24, 2.45) is 0 Å². The summed E-state index contributed by atoms with van der Waals surface area (Å²) >= 11 is 0. The molecule has 0 N–H and O–H groups in total. The zero-order valence-electron chi connectivity index (χ0n) is 28.5. The quantitative estimate of drug-likeness (QED) is 0.172. The summed E-state index contributed by atoms with van der Waals surface area (Å²) in [5.74, 6) is 0. The Labute approximate surface area is 303 Å². The third-order valence-corrected chi connectivity index (χ3v) is 10.3. The van der Waals surface area contributed by atoms with Gasteiger partial charge in [0.2, 0.25) is 0 Å². The van der Waals surface area contributed by atoms with Gasteiger partial charge in [0.15, 0.2) is 0 Å². The molecule has 10 aromatic rings. The molecule has 1 aromatic heterocycles. The van der Waals surface area contributed by atoms with E-state index in [4.69, 9.17) is 0 Å². The van der Waals surface area contributed by atoms with Crippen LogP contribution in [0.25, 0.3) is 71.3 Å². The van der Waals surface area contributed by atoms with Crippen molar-refractivity contribution in [2.45, 2.75) is 0 Å². The van der Waals surface area contributed by atoms with Crippen molar-refractivity contribution in [3.63, 3.8) is 0 Å². The Morgan fingerprint density at radius 2 is 0.923 bits per heavy atom. The second-order valence-corrected chi connectivity index (χ2v) is 13.4. The third-order valence-electron chi connectivity index (χ3n) is 10.3. The summed E-state index contributed by atoms with van der Waals surface area (Å²) in [5, 5.41) is 7.35. The first-order valence-corrected chi connectivity index (χ1v) is 17.9. The number of nitrogens with zero attached hydrogens (tertiary/aromatic N) is 2. The smallest absolute Gasteiger partial charge is 0.0561 e. The molecular formula is C50H34N2. The monoisotopic (exact) mass is 662 g/mol. The van der Waals surface area contributed by atoms with E-state index < -0.39 is 0 Å². The Balaban J connectivity index is 1.32. The van der Waals surface area contributed by atoms with Crippen molar-refractivity contribution in [1.29, 1.82) is 0 Å². The number of para-hydroxylation sites is 3. The molecule has 0 spiro atoms. The topological polar surface area (TPSA) is 8.17 Å². The summed E-state index contributed by atoms with van der Waals surface area (Å²) in [6, 6.07) is 74.9. The fraction of sp³-hybridized carbons (Fsp3) is 0. The van der Waals surface area contributed by atoms with Crippen LogP contribution >= 0.6 is 0 Å². The highest BCUT2D eigenvalue weighted by Gasteiger charge is 2.23. The number of anilines is 3. The van der Waals surface area contributed by atoms with Crippen molar-refractivity contribution >= 4 is 60.4 Å². The zero-order chi connectivity index (χ0) is 34.4. The molecule has 0 atom stereocenters. The summed E-state index contributed by atoms with van der Waals surface area (Å²) in [4.78, 5) is 2.48. The van der Waals surface area contributed by atoms with E-state index in [2.05, 4.69) is 216 Å². The lowest BCUT2D eigenvalue weighted by molar-refractivity contribution is 1.18. The molecule has 0 bridgehead atoms. The number of rotatable bonds is 6. The second-order valence-electron chi connectivity index (χ2n) is 13.4. The van der Waals surface area contributed by atoms with Crippen LogP contribution in [0.3, 0.4) is 0 Å². The molecule has 0 saturated heterocycles. The van der Waals surface area contributed by atoms with Crippen LogP contribution in [0.1, 0.15) is 0 Å². The minimum absolute atomic E-state index is 1.09. The van der Waals surface area contributed by atoms with Gasteiger partial charge in [-0.1, -0.05) is 158 Å².